The van der Waals surface area contributed by atoms with Crippen LogP contribution in [0, 0.1) is 12.7 Å². The number of methoxy groups -OCH3 is 2. The number of anilines is 2. The molecule has 0 amide bonds. The Hall–Kier alpha value is -3.39. The monoisotopic (exact) mass is 489 g/mol. The summed E-state index contributed by atoms with van der Waals surface area (Å²) in [7, 11) is 5.20. The highest BCUT2D eigenvalue weighted by atomic mass is 19.1. The van der Waals surface area contributed by atoms with Gasteiger partial charge in [0.15, 0.2) is 0 Å². The maximum atomic E-state index is 13.1. The highest BCUT2D eigenvalue weighted by Gasteiger charge is 2.21. The van der Waals surface area contributed by atoms with E-state index in [2.05, 4.69) is 41.5 Å². The smallest absolute Gasteiger partial charge is 0.142 e. The molecular weight excluding hydrogens is 449 g/mol. The first-order valence-corrected chi connectivity index (χ1v) is 11.2. The first kappa shape index (κ1) is 31.6. The van der Waals surface area contributed by atoms with E-state index in [1.807, 2.05) is 45.8 Å². The number of ether oxygens (including phenoxy) is 2. The van der Waals surface area contributed by atoms with E-state index in [0.29, 0.717) is 23.4 Å². The lowest BCUT2D eigenvalue weighted by molar-refractivity contribution is -0.0987. The predicted octanol–water partition coefficient (Wildman–Crippen LogP) is 4.70. The third-order valence-corrected chi connectivity index (χ3v) is 5.31. The van der Waals surface area contributed by atoms with E-state index in [1.165, 1.54) is 11.8 Å². The molecule has 194 valence electrons. The number of carbonyl (C=O) groups excluding carboxylic acids is 2. The van der Waals surface area contributed by atoms with Crippen LogP contribution in [0.2, 0.25) is 0 Å². The molecule has 1 fully saturated rings. The van der Waals surface area contributed by atoms with Crippen LogP contribution in [-0.2, 0) is 14.3 Å². The van der Waals surface area contributed by atoms with Crippen LogP contribution in [0.5, 0.6) is 5.75 Å². The van der Waals surface area contributed by atoms with Crippen molar-refractivity contribution >= 4 is 30.7 Å². The summed E-state index contributed by atoms with van der Waals surface area (Å²) in [6.45, 7) is 14.1. The molecule has 2 atom stereocenters. The Morgan fingerprint density at radius 2 is 1.69 bits per heavy atom. The Labute approximate surface area is 209 Å². The number of halogens is 1. The summed E-state index contributed by atoms with van der Waals surface area (Å²) in [5, 5.41) is 6.73. The lowest BCUT2D eigenvalue weighted by atomic mass is 10.1. The molecule has 7 nitrogen and oxygen atoms in total. The van der Waals surface area contributed by atoms with Crippen molar-refractivity contribution in [1.29, 1.82) is 0 Å². The fourth-order valence-electron chi connectivity index (χ4n) is 3.77. The van der Waals surface area contributed by atoms with Gasteiger partial charge in [-0.3, -0.25) is 0 Å². The summed E-state index contributed by atoms with van der Waals surface area (Å²) in [6, 6.07) is 12.4. The summed E-state index contributed by atoms with van der Waals surface area (Å²) in [5.74, 6) is 1.38. The van der Waals surface area contributed by atoms with Gasteiger partial charge in [0.05, 0.1) is 19.9 Å². The molecule has 2 unspecified atom stereocenters. The van der Waals surface area contributed by atoms with Gasteiger partial charge in [-0.05, 0) is 63.6 Å². The topological polar surface area (TPSA) is 79.9 Å². The number of allylic oxidation sites excluding steroid dienone is 1. The zero-order valence-electron chi connectivity index (χ0n) is 22.0. The van der Waals surface area contributed by atoms with E-state index < -0.39 is 0 Å². The molecule has 0 radical (unpaired) electrons. The fourth-order valence-corrected chi connectivity index (χ4v) is 3.77. The van der Waals surface area contributed by atoms with E-state index in [9.17, 15) is 4.39 Å². The molecule has 0 aromatic heterocycles. The number of hydrogen-bond donors (Lipinski definition) is 2. The van der Waals surface area contributed by atoms with E-state index in [4.69, 9.17) is 19.1 Å². The predicted molar refractivity (Wildman–Crippen MR) is 143 cm³/mol. The standard InChI is InChI=1S/C14H23N3O.C11H13FO.2CH2O/c1-10-8-17(9-11(2)16-10)12-5-6-14(18-4)13(7-12)15-3;1-4-11(13-3)9-6-5-8(2)10(12)7-9;2*1-2/h5-7,10-11,15-16H,8-9H2,1-4H3;4-7H,1-3H3;2*1H2/b;11-4-;;. The van der Waals surface area contributed by atoms with Crippen molar-refractivity contribution in [2.24, 2.45) is 0 Å². The van der Waals surface area contributed by atoms with Crippen molar-refractivity contribution in [3.63, 3.8) is 0 Å². The number of piperazine rings is 1. The van der Waals surface area contributed by atoms with Gasteiger partial charge in [0.2, 0.25) is 0 Å². The van der Waals surface area contributed by atoms with Gasteiger partial charge in [-0.25, -0.2) is 4.39 Å². The number of nitrogens with zero attached hydrogens (tertiary/aromatic N) is 1. The zero-order chi connectivity index (χ0) is 27.0. The molecule has 1 heterocycles. The van der Waals surface area contributed by atoms with Gasteiger partial charge in [0.25, 0.3) is 0 Å². The van der Waals surface area contributed by atoms with Crippen molar-refractivity contribution in [3.05, 3.63) is 59.4 Å². The number of rotatable bonds is 5. The molecule has 0 aliphatic carbocycles. The summed E-state index contributed by atoms with van der Waals surface area (Å²) in [5.41, 5.74) is 3.71. The van der Waals surface area contributed by atoms with Crippen LogP contribution in [0.1, 0.15) is 31.9 Å². The lowest BCUT2D eigenvalue weighted by Crippen LogP contribution is -2.54. The summed E-state index contributed by atoms with van der Waals surface area (Å²) in [6.07, 6.45) is 1.81. The van der Waals surface area contributed by atoms with E-state index in [1.54, 1.807) is 27.2 Å². The zero-order valence-corrected chi connectivity index (χ0v) is 22.0. The quantitative estimate of drug-likeness (QED) is 0.590. The minimum Gasteiger partial charge on any atom is -0.496 e. The van der Waals surface area contributed by atoms with E-state index >= 15 is 0 Å². The molecule has 0 bridgehead atoms. The summed E-state index contributed by atoms with van der Waals surface area (Å²) >= 11 is 0. The van der Waals surface area contributed by atoms with E-state index in [-0.39, 0.29) is 5.82 Å². The maximum absolute atomic E-state index is 13.1. The van der Waals surface area contributed by atoms with Crippen LogP contribution < -0.4 is 20.3 Å². The number of aryl methyl sites for hydroxylation is 1. The SMILES string of the molecule is C/C=C(\OC)c1ccc(C)c(F)c1.C=O.C=O.CNc1cc(N2CC(C)NC(C)C2)ccc1OC. The van der Waals surface area contributed by atoms with Crippen LogP contribution in [0.15, 0.2) is 42.5 Å². The minimum absolute atomic E-state index is 0.200. The first-order valence-electron chi connectivity index (χ1n) is 11.2. The minimum atomic E-state index is -0.200. The van der Waals surface area contributed by atoms with Crippen molar-refractivity contribution in [2.45, 2.75) is 39.8 Å². The highest BCUT2D eigenvalue weighted by molar-refractivity contribution is 5.65. The molecule has 8 heteroatoms. The Bertz CT molecular complexity index is 911. The first-order chi connectivity index (χ1) is 16.8. The lowest BCUT2D eigenvalue weighted by Gasteiger charge is -2.37. The molecule has 35 heavy (non-hydrogen) atoms. The fraction of sp³-hybridized carbons (Fsp3) is 0.407. The third kappa shape index (κ3) is 9.78. The maximum Gasteiger partial charge on any atom is 0.142 e. The van der Waals surface area contributed by atoms with Crippen LogP contribution in [0.3, 0.4) is 0 Å². The second-order valence-corrected chi connectivity index (χ2v) is 7.83. The molecular formula is C27H40FN3O4. The molecule has 2 aromatic carbocycles. The van der Waals surface area contributed by atoms with Gasteiger partial charge in [-0.1, -0.05) is 12.1 Å². The molecule has 2 N–H and O–H groups in total. The van der Waals surface area contributed by atoms with Gasteiger partial charge in [0.1, 0.15) is 30.9 Å². The Balaban J connectivity index is 0.000000602. The summed E-state index contributed by atoms with van der Waals surface area (Å²) in [4.78, 5) is 18.4. The molecule has 2 aromatic rings. The Kier molecular flexibility index (Phi) is 15.4. The number of benzene rings is 2. The highest BCUT2D eigenvalue weighted by Crippen LogP contribution is 2.30. The third-order valence-electron chi connectivity index (χ3n) is 5.31. The van der Waals surface area contributed by atoms with E-state index in [0.717, 1.165) is 30.1 Å². The molecule has 0 saturated carbocycles. The van der Waals surface area contributed by atoms with Crippen molar-refractivity contribution < 1.29 is 23.5 Å². The van der Waals surface area contributed by atoms with Crippen molar-refractivity contribution in [2.75, 3.05) is 44.6 Å². The van der Waals surface area contributed by atoms with Crippen LogP contribution in [-0.4, -0.2) is 60.0 Å². The number of hydrogen-bond acceptors (Lipinski definition) is 7. The van der Waals surface area contributed by atoms with Gasteiger partial charge in [-0.2, -0.15) is 0 Å². The van der Waals surface area contributed by atoms with Crippen LogP contribution >= 0.6 is 0 Å². The normalized spacial score (nSPS) is 16.8. The van der Waals surface area contributed by atoms with Gasteiger partial charge >= 0.3 is 0 Å². The largest absolute Gasteiger partial charge is 0.496 e. The Morgan fingerprint density at radius 3 is 2.14 bits per heavy atom. The molecule has 0 spiro atoms. The number of carbonyl (C=O) groups is 2. The van der Waals surface area contributed by atoms with Crippen LogP contribution in [0.25, 0.3) is 5.76 Å². The summed E-state index contributed by atoms with van der Waals surface area (Å²) < 4.78 is 23.5. The van der Waals surface area contributed by atoms with Gasteiger partial charge in [0, 0.05) is 43.5 Å². The average Bonchev–Trinajstić information content (AvgIpc) is 2.88. The van der Waals surface area contributed by atoms with Crippen molar-refractivity contribution in [3.8, 4) is 5.75 Å². The van der Waals surface area contributed by atoms with Crippen LogP contribution in [0.4, 0.5) is 15.8 Å². The molecule has 3 rings (SSSR count). The Morgan fingerprint density at radius 1 is 1.09 bits per heavy atom. The molecule has 1 aliphatic heterocycles. The molecule has 1 aliphatic rings. The number of nitrogens with one attached hydrogen (secondary N) is 2. The van der Waals surface area contributed by atoms with Gasteiger partial charge in [-0.15, -0.1) is 0 Å². The van der Waals surface area contributed by atoms with Crippen molar-refractivity contribution in [1.82, 2.24) is 5.32 Å². The molecule has 1 saturated heterocycles. The van der Waals surface area contributed by atoms with Gasteiger partial charge < -0.3 is 34.6 Å². The average molecular weight is 490 g/mol. The second-order valence-electron chi connectivity index (χ2n) is 7.83. The second kappa shape index (κ2) is 17.1.